The van der Waals surface area contributed by atoms with Gasteiger partial charge in [0, 0.05) is 31.3 Å². The number of halogens is 3. The van der Waals surface area contributed by atoms with E-state index in [-0.39, 0.29) is 5.92 Å². The van der Waals surface area contributed by atoms with Gasteiger partial charge < -0.3 is 15.4 Å². The minimum absolute atomic E-state index is 0.191. The zero-order valence-electron chi connectivity index (χ0n) is 15.9. The number of rotatable bonds is 7. The molecule has 158 valence electrons. The minimum Gasteiger partial charge on any atom is -0.485 e. The van der Waals surface area contributed by atoms with Gasteiger partial charge in [-0.25, -0.2) is 32.6 Å². The van der Waals surface area contributed by atoms with Crippen LogP contribution in [-0.2, 0) is 0 Å². The third-order valence-corrected chi connectivity index (χ3v) is 5.19. The summed E-state index contributed by atoms with van der Waals surface area (Å²) in [6.07, 6.45) is 1.50. The monoisotopic (exact) mass is 419 g/mol. The van der Waals surface area contributed by atoms with Gasteiger partial charge in [-0.15, -0.1) is 0 Å². The molecule has 3 aromatic heterocycles. The number of hydrogen-bond acceptors (Lipinski definition) is 7. The van der Waals surface area contributed by atoms with E-state index in [1.54, 1.807) is 29.0 Å². The molecule has 0 aromatic carbocycles. The van der Waals surface area contributed by atoms with Gasteiger partial charge in [0.05, 0.1) is 17.9 Å². The maximum Gasteiger partial charge on any atom is 0.272 e. The molecule has 2 atom stereocenters. The molecule has 11 heteroatoms. The lowest BCUT2D eigenvalue weighted by atomic mass is 10.2. The van der Waals surface area contributed by atoms with Crippen molar-refractivity contribution in [2.75, 3.05) is 25.0 Å². The van der Waals surface area contributed by atoms with Crippen molar-refractivity contribution in [3.05, 3.63) is 30.2 Å². The molecule has 0 bridgehead atoms. The van der Waals surface area contributed by atoms with Crippen LogP contribution in [0.2, 0.25) is 0 Å². The van der Waals surface area contributed by atoms with E-state index in [9.17, 15) is 13.2 Å². The van der Waals surface area contributed by atoms with Crippen LogP contribution in [-0.4, -0.2) is 62.9 Å². The van der Waals surface area contributed by atoms with Crippen molar-refractivity contribution in [2.45, 2.75) is 37.4 Å². The first-order valence-electron chi connectivity index (χ1n) is 9.83. The summed E-state index contributed by atoms with van der Waals surface area (Å²) in [5, 5.41) is 10.6. The zero-order chi connectivity index (χ0) is 20.7. The molecule has 30 heavy (non-hydrogen) atoms. The van der Waals surface area contributed by atoms with E-state index in [2.05, 4.69) is 30.7 Å². The first-order valence-corrected chi connectivity index (χ1v) is 9.83. The molecule has 1 saturated carbocycles. The molecule has 8 nitrogen and oxygen atoms in total. The standard InChI is InChI=1S/C19H20F3N7O/c20-11-6-23-7-13(11)27-19-24-4-3-12(26-19)14-8-25-17-5-15(30-9-16(21)22)18(10-1-2-10)28-29(14)17/h3-5,8,10-11,13,16,23H,1-2,6-7,9H2,(H,24,26,27). The molecule has 1 aliphatic carbocycles. The molecule has 2 fully saturated rings. The van der Waals surface area contributed by atoms with Crippen LogP contribution in [0.3, 0.4) is 0 Å². The number of alkyl halides is 3. The number of nitrogens with zero attached hydrogens (tertiary/aromatic N) is 5. The van der Waals surface area contributed by atoms with Crippen LogP contribution in [0, 0.1) is 0 Å². The number of nitrogens with one attached hydrogen (secondary N) is 2. The van der Waals surface area contributed by atoms with Crippen molar-refractivity contribution >= 4 is 11.6 Å². The molecule has 5 rings (SSSR count). The summed E-state index contributed by atoms with van der Waals surface area (Å²) in [5.74, 6) is 0.852. The van der Waals surface area contributed by atoms with Gasteiger partial charge in [0.15, 0.2) is 5.65 Å². The molecule has 2 N–H and O–H groups in total. The zero-order valence-corrected chi connectivity index (χ0v) is 15.9. The average molecular weight is 419 g/mol. The van der Waals surface area contributed by atoms with E-state index in [0.717, 1.165) is 12.8 Å². The Hall–Kier alpha value is -2.95. The van der Waals surface area contributed by atoms with Gasteiger partial charge in [0.1, 0.15) is 29.9 Å². The first kappa shape index (κ1) is 19.0. The van der Waals surface area contributed by atoms with Gasteiger partial charge in [-0.1, -0.05) is 0 Å². The summed E-state index contributed by atoms with van der Waals surface area (Å²) in [6.45, 7) is 0.115. The third-order valence-electron chi connectivity index (χ3n) is 5.19. The smallest absolute Gasteiger partial charge is 0.272 e. The van der Waals surface area contributed by atoms with Crippen molar-refractivity contribution < 1.29 is 17.9 Å². The van der Waals surface area contributed by atoms with Crippen molar-refractivity contribution in [3.63, 3.8) is 0 Å². The highest BCUT2D eigenvalue weighted by atomic mass is 19.3. The second-order valence-electron chi connectivity index (χ2n) is 7.47. The second-order valence-corrected chi connectivity index (χ2v) is 7.47. The molecule has 0 radical (unpaired) electrons. The van der Waals surface area contributed by atoms with Crippen LogP contribution in [0.4, 0.5) is 19.1 Å². The van der Waals surface area contributed by atoms with E-state index in [1.807, 2.05) is 0 Å². The predicted molar refractivity (Wildman–Crippen MR) is 103 cm³/mol. The molecule has 2 aliphatic rings. The Kier molecular flexibility index (Phi) is 4.89. The fourth-order valence-corrected chi connectivity index (χ4v) is 3.52. The molecule has 3 aromatic rings. The fraction of sp³-hybridized carbons (Fsp3) is 0.474. The molecule has 0 amide bonds. The number of anilines is 1. The van der Waals surface area contributed by atoms with Crippen molar-refractivity contribution in [2.24, 2.45) is 0 Å². The van der Waals surface area contributed by atoms with Crippen LogP contribution < -0.4 is 15.4 Å². The number of aromatic nitrogens is 5. The summed E-state index contributed by atoms with van der Waals surface area (Å²) in [4.78, 5) is 13.0. The molecule has 4 heterocycles. The number of ether oxygens (including phenoxy) is 1. The Morgan fingerprint density at radius 3 is 2.87 bits per heavy atom. The van der Waals surface area contributed by atoms with E-state index in [1.165, 1.54) is 0 Å². The van der Waals surface area contributed by atoms with Crippen LogP contribution in [0.15, 0.2) is 24.5 Å². The summed E-state index contributed by atoms with van der Waals surface area (Å²) in [6, 6.07) is 2.95. The fourth-order valence-electron chi connectivity index (χ4n) is 3.52. The number of hydrogen-bond donors (Lipinski definition) is 2. The van der Waals surface area contributed by atoms with E-state index in [0.29, 0.717) is 47.5 Å². The highest BCUT2D eigenvalue weighted by molar-refractivity contribution is 5.61. The van der Waals surface area contributed by atoms with Gasteiger partial charge >= 0.3 is 0 Å². The maximum absolute atomic E-state index is 13.9. The first-order chi connectivity index (χ1) is 14.6. The highest BCUT2D eigenvalue weighted by Crippen LogP contribution is 2.43. The quantitative estimate of drug-likeness (QED) is 0.608. The number of fused-ring (bicyclic) bond motifs is 1. The number of imidazole rings is 1. The van der Waals surface area contributed by atoms with Crippen molar-refractivity contribution in [1.82, 2.24) is 29.9 Å². The summed E-state index contributed by atoms with van der Waals surface area (Å²) in [7, 11) is 0. The van der Waals surface area contributed by atoms with Crippen LogP contribution >= 0.6 is 0 Å². The molecule has 2 unspecified atom stereocenters. The average Bonchev–Trinajstić information content (AvgIpc) is 3.38. The Labute approximate surface area is 169 Å². The third kappa shape index (κ3) is 3.76. The van der Waals surface area contributed by atoms with Gasteiger partial charge in [-0.2, -0.15) is 5.10 Å². The topological polar surface area (TPSA) is 89.3 Å². The normalized spacial score (nSPS) is 21.5. The van der Waals surface area contributed by atoms with E-state index < -0.39 is 25.2 Å². The van der Waals surface area contributed by atoms with Gasteiger partial charge in [0.2, 0.25) is 5.95 Å². The Morgan fingerprint density at radius 1 is 1.27 bits per heavy atom. The van der Waals surface area contributed by atoms with Gasteiger partial charge in [-0.05, 0) is 18.9 Å². The summed E-state index contributed by atoms with van der Waals surface area (Å²) >= 11 is 0. The van der Waals surface area contributed by atoms with E-state index in [4.69, 9.17) is 4.74 Å². The Bertz CT molecular complexity index is 1060. The molecule has 0 spiro atoms. The molecular formula is C19H20F3N7O. The predicted octanol–water partition coefficient (Wildman–Crippen LogP) is 2.43. The minimum atomic E-state index is -2.56. The van der Waals surface area contributed by atoms with E-state index >= 15 is 0 Å². The lowest BCUT2D eigenvalue weighted by molar-refractivity contribution is 0.0811. The van der Waals surface area contributed by atoms with Crippen LogP contribution in [0.5, 0.6) is 5.75 Å². The van der Waals surface area contributed by atoms with Crippen molar-refractivity contribution in [3.8, 4) is 17.1 Å². The highest BCUT2D eigenvalue weighted by Gasteiger charge is 2.31. The lowest BCUT2D eigenvalue weighted by Crippen LogP contribution is -2.30. The molecule has 1 saturated heterocycles. The molecular weight excluding hydrogens is 399 g/mol. The SMILES string of the molecule is FC(F)COc1cc2ncc(-c3ccnc(NC4CNCC4F)n3)n2nc1C1CC1. The van der Waals surface area contributed by atoms with Crippen LogP contribution in [0.25, 0.3) is 17.0 Å². The summed E-state index contributed by atoms with van der Waals surface area (Å²) < 4.78 is 46.0. The van der Waals surface area contributed by atoms with Gasteiger partial charge in [0.25, 0.3) is 6.43 Å². The maximum atomic E-state index is 13.9. The van der Waals surface area contributed by atoms with Crippen molar-refractivity contribution in [1.29, 1.82) is 0 Å². The van der Waals surface area contributed by atoms with Gasteiger partial charge in [-0.3, -0.25) is 0 Å². The Balaban J connectivity index is 1.47. The largest absolute Gasteiger partial charge is 0.485 e. The Morgan fingerprint density at radius 2 is 2.13 bits per heavy atom. The van der Waals surface area contributed by atoms with Crippen LogP contribution in [0.1, 0.15) is 24.5 Å². The molecule has 1 aliphatic heterocycles. The summed E-state index contributed by atoms with van der Waals surface area (Å²) in [5.41, 5.74) is 2.30. The lowest BCUT2D eigenvalue weighted by Gasteiger charge is -2.14. The second kappa shape index (κ2) is 7.71.